The Morgan fingerprint density at radius 2 is 1.96 bits per heavy atom. The number of halogens is 1. The fourth-order valence-electron chi connectivity index (χ4n) is 3.11. The minimum atomic E-state index is -0.400. The summed E-state index contributed by atoms with van der Waals surface area (Å²) in [5.41, 5.74) is 1.77. The number of aromatic nitrogens is 3. The van der Waals surface area contributed by atoms with Crippen molar-refractivity contribution < 1.29 is 9.59 Å². The van der Waals surface area contributed by atoms with Crippen LogP contribution in [-0.4, -0.2) is 33.1 Å². The highest BCUT2D eigenvalue weighted by molar-refractivity contribution is 7.59. The Hall–Kier alpha value is -2.84. The Morgan fingerprint density at radius 3 is 2.64 bits per heavy atom. The largest absolute Gasteiger partial charge is 0.320 e. The molecule has 1 aliphatic heterocycles. The van der Waals surface area contributed by atoms with Crippen molar-refractivity contribution in [3.63, 3.8) is 0 Å². The van der Waals surface area contributed by atoms with Gasteiger partial charge in [0.15, 0.2) is 0 Å². The maximum absolute atomic E-state index is 13.1. The molecule has 2 aromatic heterocycles. The average molecular weight is 416 g/mol. The summed E-state index contributed by atoms with van der Waals surface area (Å²) in [6, 6.07) is 10.4. The molecule has 7 nitrogen and oxygen atoms in total. The predicted molar refractivity (Wildman–Crippen MR) is 113 cm³/mol. The number of hydrogen-bond acceptors (Lipinski definition) is 4. The number of amides is 2. The van der Waals surface area contributed by atoms with Crippen LogP contribution in [0.2, 0.25) is 5.02 Å². The molecule has 4 rings (SSSR count). The molecule has 1 atom stereocenters. The van der Waals surface area contributed by atoms with Crippen molar-refractivity contribution in [1.29, 1.82) is 0 Å². The molecular formula is C19H18ClN5O2S. The van der Waals surface area contributed by atoms with Gasteiger partial charge in [-0.2, -0.15) is 18.6 Å². The summed E-state index contributed by atoms with van der Waals surface area (Å²) in [6.07, 6.45) is 4.59. The summed E-state index contributed by atoms with van der Waals surface area (Å²) in [5, 5.41) is 7.61. The summed E-state index contributed by atoms with van der Waals surface area (Å²) in [7, 11) is 0. The molecule has 9 heteroatoms. The van der Waals surface area contributed by atoms with Crippen molar-refractivity contribution in [2.45, 2.75) is 13.0 Å². The number of nitrogens with one attached hydrogen (secondary N) is 1. The Morgan fingerprint density at radius 1 is 1.21 bits per heavy atom. The second-order valence-corrected chi connectivity index (χ2v) is 6.72. The first kappa shape index (κ1) is 19.9. The first-order chi connectivity index (χ1) is 13.0. The third-order valence-electron chi connectivity index (χ3n) is 4.41. The molecule has 1 N–H and O–H groups in total. The molecule has 0 unspecified atom stereocenters. The SMILES string of the molecule is C[C@H]1CN(c2ccc(Cl)cc2)C(=O)c2c(C(=O)Nc3cccnc3)cnn21.S. The van der Waals surface area contributed by atoms with E-state index in [1.165, 1.54) is 6.20 Å². The Bertz CT molecular complexity index is 1010. The molecule has 0 saturated heterocycles. The van der Waals surface area contributed by atoms with Crippen molar-refractivity contribution in [2.24, 2.45) is 0 Å². The van der Waals surface area contributed by atoms with Crippen LogP contribution in [0.5, 0.6) is 0 Å². The van der Waals surface area contributed by atoms with E-state index < -0.39 is 5.91 Å². The first-order valence-corrected chi connectivity index (χ1v) is 8.78. The molecule has 0 spiro atoms. The van der Waals surface area contributed by atoms with Crippen LogP contribution in [0.1, 0.15) is 33.8 Å². The smallest absolute Gasteiger partial charge is 0.277 e. The van der Waals surface area contributed by atoms with E-state index in [1.54, 1.807) is 58.4 Å². The highest BCUT2D eigenvalue weighted by atomic mass is 35.5. The zero-order valence-electron chi connectivity index (χ0n) is 15.0. The average Bonchev–Trinajstić information content (AvgIpc) is 3.12. The van der Waals surface area contributed by atoms with Gasteiger partial charge in [-0.1, -0.05) is 11.6 Å². The molecule has 0 aliphatic carbocycles. The molecule has 1 aliphatic rings. The molecule has 0 fully saturated rings. The van der Waals surface area contributed by atoms with E-state index in [0.29, 0.717) is 17.3 Å². The number of nitrogens with zero attached hydrogens (tertiary/aromatic N) is 4. The standard InChI is InChI=1S/C19H16ClN5O2.H2S/c1-12-11-24(15-6-4-13(20)5-7-15)19(27)17-16(10-22-25(12)17)18(26)23-14-3-2-8-21-9-14;/h2-10,12H,11H2,1H3,(H,23,26);1H2/t12-;/m0./s1. The van der Waals surface area contributed by atoms with Crippen LogP contribution >= 0.6 is 25.1 Å². The van der Waals surface area contributed by atoms with Gasteiger partial charge >= 0.3 is 0 Å². The topological polar surface area (TPSA) is 80.1 Å². The number of pyridine rings is 1. The van der Waals surface area contributed by atoms with E-state index in [9.17, 15) is 9.59 Å². The fourth-order valence-corrected chi connectivity index (χ4v) is 3.23. The Kier molecular flexibility index (Phi) is 5.71. The van der Waals surface area contributed by atoms with E-state index in [1.807, 2.05) is 6.92 Å². The highest BCUT2D eigenvalue weighted by Gasteiger charge is 2.35. The van der Waals surface area contributed by atoms with Crippen LogP contribution in [0.15, 0.2) is 55.0 Å². The number of carbonyl (C=O) groups excluding carboxylic acids is 2. The maximum atomic E-state index is 13.1. The van der Waals surface area contributed by atoms with E-state index in [-0.39, 0.29) is 36.7 Å². The van der Waals surface area contributed by atoms with Gasteiger partial charge in [-0.15, -0.1) is 0 Å². The highest BCUT2D eigenvalue weighted by Crippen LogP contribution is 2.29. The van der Waals surface area contributed by atoms with Crippen LogP contribution in [0.3, 0.4) is 0 Å². The molecule has 2 amide bonds. The van der Waals surface area contributed by atoms with Gasteiger partial charge in [-0.25, -0.2) is 0 Å². The minimum Gasteiger partial charge on any atom is -0.320 e. The van der Waals surface area contributed by atoms with Crippen LogP contribution in [0, 0.1) is 0 Å². The van der Waals surface area contributed by atoms with Gasteiger partial charge in [0.2, 0.25) is 0 Å². The minimum absolute atomic E-state index is 0. The van der Waals surface area contributed by atoms with Crippen molar-refractivity contribution in [2.75, 3.05) is 16.8 Å². The van der Waals surface area contributed by atoms with E-state index >= 15 is 0 Å². The van der Waals surface area contributed by atoms with Gasteiger partial charge in [-0.05, 0) is 43.3 Å². The summed E-state index contributed by atoms with van der Waals surface area (Å²) < 4.78 is 1.60. The maximum Gasteiger partial charge on any atom is 0.277 e. The lowest BCUT2D eigenvalue weighted by Gasteiger charge is -2.32. The summed E-state index contributed by atoms with van der Waals surface area (Å²) >= 11 is 5.95. The normalized spacial score (nSPS) is 15.6. The van der Waals surface area contributed by atoms with Gasteiger partial charge < -0.3 is 10.2 Å². The van der Waals surface area contributed by atoms with Crippen molar-refractivity contribution >= 4 is 48.3 Å². The van der Waals surface area contributed by atoms with Crippen LogP contribution in [-0.2, 0) is 0 Å². The van der Waals surface area contributed by atoms with E-state index in [2.05, 4.69) is 15.4 Å². The third kappa shape index (κ3) is 3.61. The van der Waals surface area contributed by atoms with Gasteiger partial charge in [0.1, 0.15) is 5.69 Å². The Labute approximate surface area is 173 Å². The lowest BCUT2D eigenvalue weighted by molar-refractivity contribution is 0.0939. The number of fused-ring (bicyclic) bond motifs is 1. The summed E-state index contributed by atoms with van der Waals surface area (Å²) in [5.74, 6) is -0.674. The lowest BCUT2D eigenvalue weighted by Crippen LogP contribution is -2.43. The Balaban J connectivity index is 0.00000225. The second-order valence-electron chi connectivity index (χ2n) is 6.29. The molecule has 0 saturated carbocycles. The van der Waals surface area contributed by atoms with Crippen LogP contribution < -0.4 is 10.2 Å². The molecule has 0 radical (unpaired) electrons. The number of benzene rings is 1. The van der Waals surface area contributed by atoms with Crippen LogP contribution in [0.25, 0.3) is 0 Å². The quantitative estimate of drug-likeness (QED) is 0.709. The molecule has 3 aromatic rings. The van der Waals surface area contributed by atoms with E-state index in [4.69, 9.17) is 11.6 Å². The van der Waals surface area contributed by atoms with E-state index in [0.717, 1.165) is 5.69 Å². The fraction of sp³-hybridized carbons (Fsp3) is 0.158. The zero-order valence-corrected chi connectivity index (χ0v) is 16.7. The van der Waals surface area contributed by atoms with Gasteiger partial charge in [0.05, 0.1) is 29.7 Å². The molecule has 0 bridgehead atoms. The van der Waals surface area contributed by atoms with Crippen molar-refractivity contribution in [3.05, 3.63) is 71.3 Å². The first-order valence-electron chi connectivity index (χ1n) is 8.41. The number of anilines is 2. The number of rotatable bonds is 3. The zero-order chi connectivity index (χ0) is 19.0. The number of carbonyl (C=O) groups is 2. The summed E-state index contributed by atoms with van der Waals surface area (Å²) in [4.78, 5) is 31.4. The monoisotopic (exact) mass is 415 g/mol. The van der Waals surface area contributed by atoms with Crippen molar-refractivity contribution in [1.82, 2.24) is 14.8 Å². The van der Waals surface area contributed by atoms with Gasteiger partial charge in [0.25, 0.3) is 11.8 Å². The van der Waals surface area contributed by atoms with Gasteiger partial charge in [-0.3, -0.25) is 19.3 Å². The number of hydrogen-bond donors (Lipinski definition) is 1. The molecule has 28 heavy (non-hydrogen) atoms. The summed E-state index contributed by atoms with van der Waals surface area (Å²) in [6.45, 7) is 2.41. The van der Waals surface area contributed by atoms with Gasteiger partial charge in [0, 0.05) is 23.5 Å². The molecular weight excluding hydrogens is 398 g/mol. The van der Waals surface area contributed by atoms with Crippen LogP contribution in [0.4, 0.5) is 11.4 Å². The molecule has 144 valence electrons. The molecule has 3 heterocycles. The van der Waals surface area contributed by atoms with Crippen molar-refractivity contribution in [3.8, 4) is 0 Å². The molecule has 1 aromatic carbocycles. The second kappa shape index (κ2) is 8.04. The predicted octanol–water partition coefficient (Wildman–Crippen LogP) is 3.52. The third-order valence-corrected chi connectivity index (χ3v) is 4.66. The lowest BCUT2D eigenvalue weighted by atomic mass is 10.1.